The van der Waals surface area contributed by atoms with Crippen LogP contribution < -0.4 is 11.1 Å². The molecule has 164 valence electrons. The van der Waals surface area contributed by atoms with Gasteiger partial charge < -0.3 is 15.8 Å². The number of amidine groups is 1. The van der Waals surface area contributed by atoms with E-state index in [-0.39, 0.29) is 29.7 Å². The lowest BCUT2D eigenvalue weighted by molar-refractivity contribution is -0.0339. The second-order valence-electron chi connectivity index (χ2n) is 7.56. The normalized spacial score (nSPS) is 25.6. The molecule has 1 saturated heterocycles. The van der Waals surface area contributed by atoms with Gasteiger partial charge >= 0.3 is 0 Å². The highest BCUT2D eigenvalue weighted by Crippen LogP contribution is 2.47. The summed E-state index contributed by atoms with van der Waals surface area (Å²) < 4.78 is 46.0. The monoisotopic (exact) mass is 451 g/mol. The number of nitrogens with one attached hydrogen (secondary N) is 1. The van der Waals surface area contributed by atoms with Crippen LogP contribution in [0.5, 0.6) is 0 Å². The third kappa shape index (κ3) is 4.11. The smallest absolute Gasteiger partial charge is 0.281 e. The molecule has 11 heteroatoms. The van der Waals surface area contributed by atoms with Gasteiger partial charge in [-0.1, -0.05) is 18.7 Å². The second kappa shape index (κ2) is 8.46. The number of fused-ring (bicyclic) bond motifs is 1. The SMILES string of the molecule is C[C@H]1COC[C@]2(c3cc(NC(=O)c4cnc(C(F)F)cn4)ccc3F)N=C(N)SC[C@H]12. The lowest BCUT2D eigenvalue weighted by Gasteiger charge is -2.47. The van der Waals surface area contributed by atoms with Crippen LogP contribution in [-0.2, 0) is 10.3 Å². The molecule has 3 heterocycles. The van der Waals surface area contributed by atoms with Crippen LogP contribution in [0.2, 0.25) is 0 Å². The van der Waals surface area contributed by atoms with E-state index >= 15 is 0 Å². The van der Waals surface area contributed by atoms with Crippen LogP contribution >= 0.6 is 11.8 Å². The van der Waals surface area contributed by atoms with Crippen LogP contribution in [0.15, 0.2) is 35.6 Å². The first-order valence-electron chi connectivity index (χ1n) is 9.57. The summed E-state index contributed by atoms with van der Waals surface area (Å²) in [5.41, 5.74) is 4.92. The summed E-state index contributed by atoms with van der Waals surface area (Å²) in [6.45, 7) is 2.76. The second-order valence-corrected chi connectivity index (χ2v) is 8.60. The van der Waals surface area contributed by atoms with Gasteiger partial charge in [-0.15, -0.1) is 0 Å². The standard InChI is InChI=1S/C20H20F3N5O2S/c1-10-7-30-9-20(13(10)8-31-19(24)28-20)12-4-11(2-3-14(12)21)27-18(29)16-6-25-15(5-26-16)17(22)23/h2-6,10,13,17H,7-9H2,1H3,(H2,24,28)(H,27,29)/t10-,13+,20+/m0/s1. The predicted octanol–water partition coefficient (Wildman–Crippen LogP) is 3.34. The Morgan fingerprint density at radius 1 is 1.35 bits per heavy atom. The van der Waals surface area contributed by atoms with Gasteiger partial charge in [0.25, 0.3) is 12.3 Å². The topological polar surface area (TPSA) is 102 Å². The van der Waals surface area contributed by atoms with Crippen LogP contribution in [0.4, 0.5) is 18.9 Å². The number of halogens is 3. The maximum atomic E-state index is 15.0. The number of aliphatic imine (C=N–C) groups is 1. The molecular formula is C20H20F3N5O2S. The van der Waals surface area contributed by atoms with Crippen LogP contribution in [0.25, 0.3) is 0 Å². The van der Waals surface area contributed by atoms with Crippen molar-refractivity contribution >= 4 is 28.5 Å². The number of thioether (sulfide) groups is 1. The van der Waals surface area contributed by atoms with E-state index in [9.17, 15) is 18.0 Å². The number of ether oxygens (including phenoxy) is 1. The van der Waals surface area contributed by atoms with Crippen molar-refractivity contribution in [1.82, 2.24) is 9.97 Å². The number of nitrogens with two attached hydrogens (primary N) is 1. The molecule has 1 aromatic heterocycles. The zero-order valence-electron chi connectivity index (χ0n) is 16.5. The molecule has 3 atom stereocenters. The molecular weight excluding hydrogens is 431 g/mol. The Morgan fingerprint density at radius 3 is 2.87 bits per heavy atom. The van der Waals surface area contributed by atoms with Gasteiger partial charge in [0, 0.05) is 29.5 Å². The van der Waals surface area contributed by atoms with E-state index in [2.05, 4.69) is 20.3 Å². The van der Waals surface area contributed by atoms with E-state index < -0.39 is 29.4 Å². The molecule has 0 saturated carbocycles. The van der Waals surface area contributed by atoms with Crippen molar-refractivity contribution in [3.63, 3.8) is 0 Å². The van der Waals surface area contributed by atoms with Crippen LogP contribution in [-0.4, -0.2) is 40.0 Å². The molecule has 31 heavy (non-hydrogen) atoms. The molecule has 0 radical (unpaired) electrons. The number of aromatic nitrogens is 2. The molecule has 1 aromatic carbocycles. The molecule has 1 fully saturated rings. The molecule has 4 rings (SSSR count). The zero-order chi connectivity index (χ0) is 22.2. The van der Waals surface area contributed by atoms with Crippen molar-refractivity contribution in [2.75, 3.05) is 24.3 Å². The molecule has 0 spiro atoms. The molecule has 0 bridgehead atoms. The Morgan fingerprint density at radius 2 is 2.16 bits per heavy atom. The number of nitrogens with zero attached hydrogens (tertiary/aromatic N) is 3. The van der Waals surface area contributed by atoms with Gasteiger partial charge in [0.1, 0.15) is 22.7 Å². The Kier molecular flexibility index (Phi) is 5.89. The number of rotatable bonds is 4. The number of hydrogen-bond acceptors (Lipinski definition) is 7. The first-order valence-corrected chi connectivity index (χ1v) is 10.6. The van der Waals surface area contributed by atoms with Crippen LogP contribution in [0.3, 0.4) is 0 Å². The lowest BCUT2D eigenvalue weighted by atomic mass is 9.72. The van der Waals surface area contributed by atoms with E-state index in [1.807, 2.05) is 6.92 Å². The summed E-state index contributed by atoms with van der Waals surface area (Å²) in [5.74, 6) is -0.311. The third-order valence-electron chi connectivity index (χ3n) is 5.54. The summed E-state index contributed by atoms with van der Waals surface area (Å²) in [4.78, 5) is 24.3. The minimum Gasteiger partial charge on any atom is -0.379 e. The molecule has 2 aliphatic heterocycles. The van der Waals surface area contributed by atoms with E-state index in [1.165, 1.54) is 30.0 Å². The zero-order valence-corrected chi connectivity index (χ0v) is 17.3. The quantitative estimate of drug-likeness (QED) is 0.739. The summed E-state index contributed by atoms with van der Waals surface area (Å²) in [5, 5.41) is 2.97. The van der Waals surface area contributed by atoms with Gasteiger partial charge in [-0.3, -0.25) is 9.78 Å². The fourth-order valence-electron chi connectivity index (χ4n) is 3.95. The largest absolute Gasteiger partial charge is 0.379 e. The Balaban J connectivity index is 1.65. The first kappa shape index (κ1) is 21.6. The van der Waals surface area contributed by atoms with E-state index in [0.717, 1.165) is 12.4 Å². The average Bonchev–Trinajstić information content (AvgIpc) is 2.75. The van der Waals surface area contributed by atoms with Gasteiger partial charge in [0.05, 0.1) is 19.0 Å². The fraction of sp³-hybridized carbons (Fsp3) is 0.400. The lowest BCUT2D eigenvalue weighted by Crippen LogP contribution is -2.51. The van der Waals surface area contributed by atoms with E-state index in [4.69, 9.17) is 10.5 Å². The number of benzene rings is 1. The number of hydrogen-bond donors (Lipinski definition) is 2. The predicted molar refractivity (Wildman–Crippen MR) is 111 cm³/mol. The maximum Gasteiger partial charge on any atom is 0.281 e. The molecule has 1 amide bonds. The molecule has 0 aliphatic carbocycles. The number of alkyl halides is 2. The number of anilines is 1. The Labute approximate surface area is 180 Å². The van der Waals surface area contributed by atoms with Crippen molar-refractivity contribution in [1.29, 1.82) is 0 Å². The van der Waals surface area contributed by atoms with Crippen LogP contribution in [0, 0.1) is 17.7 Å². The van der Waals surface area contributed by atoms with Gasteiger partial charge in [-0.2, -0.15) is 0 Å². The van der Waals surface area contributed by atoms with Crippen molar-refractivity contribution in [2.45, 2.75) is 18.9 Å². The number of carbonyl (C=O) groups excluding carboxylic acids is 1. The Bertz CT molecular complexity index is 1020. The van der Waals surface area contributed by atoms with E-state index in [1.54, 1.807) is 0 Å². The summed E-state index contributed by atoms with van der Waals surface area (Å²) in [6, 6.07) is 4.16. The Hall–Kier alpha value is -2.66. The number of carbonyl (C=O) groups is 1. The highest BCUT2D eigenvalue weighted by atomic mass is 32.2. The van der Waals surface area contributed by atoms with Gasteiger partial charge in [0.15, 0.2) is 5.17 Å². The minimum atomic E-state index is -2.78. The average molecular weight is 451 g/mol. The molecule has 0 unspecified atom stereocenters. The summed E-state index contributed by atoms with van der Waals surface area (Å²) >= 11 is 1.43. The van der Waals surface area contributed by atoms with E-state index in [0.29, 0.717) is 23.2 Å². The maximum absolute atomic E-state index is 15.0. The minimum absolute atomic E-state index is 0.00626. The first-order chi connectivity index (χ1) is 14.8. The fourth-order valence-corrected chi connectivity index (χ4v) is 5.13. The van der Waals surface area contributed by atoms with Gasteiger partial charge in [-0.05, 0) is 24.1 Å². The van der Waals surface area contributed by atoms with Crippen molar-refractivity contribution in [3.05, 3.63) is 53.4 Å². The van der Waals surface area contributed by atoms with Crippen molar-refractivity contribution in [2.24, 2.45) is 22.6 Å². The molecule has 3 N–H and O–H groups in total. The molecule has 7 nitrogen and oxygen atoms in total. The molecule has 2 aliphatic rings. The van der Waals surface area contributed by atoms with Gasteiger partial charge in [0.2, 0.25) is 0 Å². The highest BCUT2D eigenvalue weighted by molar-refractivity contribution is 8.13. The van der Waals surface area contributed by atoms with Crippen LogP contribution in [0.1, 0.15) is 35.1 Å². The highest BCUT2D eigenvalue weighted by Gasteiger charge is 2.50. The summed E-state index contributed by atoms with van der Waals surface area (Å²) in [7, 11) is 0. The van der Waals surface area contributed by atoms with Crippen molar-refractivity contribution in [3.8, 4) is 0 Å². The number of amides is 1. The van der Waals surface area contributed by atoms with Crippen molar-refractivity contribution < 1.29 is 22.7 Å². The molecule has 2 aromatic rings. The van der Waals surface area contributed by atoms with Gasteiger partial charge in [-0.25, -0.2) is 23.1 Å². The third-order valence-corrected chi connectivity index (χ3v) is 6.46. The summed E-state index contributed by atoms with van der Waals surface area (Å²) in [6.07, 6.45) is -0.967.